The predicted molar refractivity (Wildman–Crippen MR) is 112 cm³/mol. The summed E-state index contributed by atoms with van der Waals surface area (Å²) < 4.78 is 11.4. The Morgan fingerprint density at radius 2 is 1.57 bits per heavy atom. The third-order valence-corrected chi connectivity index (χ3v) is 4.02. The molecular formula is C23H20N2O5. The quantitative estimate of drug-likeness (QED) is 0.280. The number of rotatable bonds is 7. The first kappa shape index (κ1) is 20.6. The highest BCUT2D eigenvalue weighted by molar-refractivity contribution is 6.45. The monoisotopic (exact) mass is 404 g/mol. The van der Waals surface area contributed by atoms with E-state index in [1.807, 2.05) is 6.07 Å². The summed E-state index contributed by atoms with van der Waals surface area (Å²) in [5.41, 5.74) is 0.966. The molecule has 0 radical (unpaired) electrons. The molecule has 0 bridgehead atoms. The maximum absolute atomic E-state index is 12.3. The number of benzene rings is 3. The van der Waals surface area contributed by atoms with E-state index < -0.39 is 11.9 Å². The van der Waals surface area contributed by atoms with Crippen LogP contribution >= 0.6 is 0 Å². The number of hydrogen-bond donors (Lipinski definition) is 1. The van der Waals surface area contributed by atoms with E-state index in [-0.39, 0.29) is 5.71 Å². The van der Waals surface area contributed by atoms with Gasteiger partial charge >= 0.3 is 5.97 Å². The second-order valence-electron chi connectivity index (χ2n) is 6.03. The van der Waals surface area contributed by atoms with Crippen molar-refractivity contribution >= 4 is 17.6 Å². The molecule has 0 unspecified atom stereocenters. The van der Waals surface area contributed by atoms with Crippen LogP contribution in [0.25, 0.3) is 0 Å². The van der Waals surface area contributed by atoms with Crippen LogP contribution < -0.4 is 14.8 Å². The Morgan fingerprint density at radius 3 is 2.30 bits per heavy atom. The van der Waals surface area contributed by atoms with Crippen molar-refractivity contribution in [3.8, 4) is 17.2 Å². The standard InChI is InChI=1S/C23H20N2O5/c1-24-22(26)21(25-28-2)19-13-6-7-14-20(19)29-17-11-8-12-18(15-17)30-23(27)16-9-4-3-5-10-16/h3-15H,1-2H3,(H,24,26). The van der Waals surface area contributed by atoms with Crippen molar-refractivity contribution in [2.75, 3.05) is 14.2 Å². The molecule has 1 N–H and O–H groups in total. The van der Waals surface area contributed by atoms with Gasteiger partial charge in [0.25, 0.3) is 5.91 Å². The average molecular weight is 404 g/mol. The van der Waals surface area contributed by atoms with Crippen molar-refractivity contribution in [2.24, 2.45) is 5.16 Å². The number of esters is 1. The summed E-state index contributed by atoms with van der Waals surface area (Å²) in [6.45, 7) is 0. The van der Waals surface area contributed by atoms with Crippen LogP contribution in [0.1, 0.15) is 15.9 Å². The van der Waals surface area contributed by atoms with Crippen LogP contribution in [0.2, 0.25) is 0 Å². The van der Waals surface area contributed by atoms with E-state index in [9.17, 15) is 9.59 Å². The van der Waals surface area contributed by atoms with Crippen LogP contribution in [-0.4, -0.2) is 31.7 Å². The van der Waals surface area contributed by atoms with Gasteiger partial charge in [0.05, 0.1) is 11.1 Å². The summed E-state index contributed by atoms with van der Waals surface area (Å²) in [5, 5.41) is 6.34. The molecule has 0 spiro atoms. The summed E-state index contributed by atoms with van der Waals surface area (Å²) in [5.74, 6) is 0.259. The summed E-state index contributed by atoms with van der Waals surface area (Å²) in [6, 6.07) is 22.3. The predicted octanol–water partition coefficient (Wildman–Crippen LogP) is 3.79. The number of nitrogens with zero attached hydrogens (tertiary/aromatic N) is 1. The first-order valence-corrected chi connectivity index (χ1v) is 9.10. The molecule has 152 valence electrons. The van der Waals surface area contributed by atoms with E-state index in [0.29, 0.717) is 28.4 Å². The van der Waals surface area contributed by atoms with E-state index in [1.54, 1.807) is 72.8 Å². The highest BCUT2D eigenvalue weighted by Gasteiger charge is 2.19. The second kappa shape index (κ2) is 9.88. The van der Waals surface area contributed by atoms with E-state index >= 15 is 0 Å². The third-order valence-electron chi connectivity index (χ3n) is 4.02. The largest absolute Gasteiger partial charge is 0.457 e. The van der Waals surface area contributed by atoms with Crippen LogP contribution in [0.5, 0.6) is 17.2 Å². The first-order chi connectivity index (χ1) is 14.6. The van der Waals surface area contributed by atoms with Gasteiger partial charge in [-0.2, -0.15) is 0 Å². The van der Waals surface area contributed by atoms with Gasteiger partial charge in [0.15, 0.2) is 5.71 Å². The van der Waals surface area contributed by atoms with Gasteiger partial charge in [-0.1, -0.05) is 41.6 Å². The van der Waals surface area contributed by atoms with E-state index in [1.165, 1.54) is 14.2 Å². The van der Waals surface area contributed by atoms with Crippen LogP contribution in [0.3, 0.4) is 0 Å². The summed E-state index contributed by atoms with van der Waals surface area (Å²) in [7, 11) is 2.86. The van der Waals surface area contributed by atoms with Gasteiger partial charge in [-0.15, -0.1) is 0 Å². The number of carbonyl (C=O) groups excluding carboxylic acids is 2. The highest BCUT2D eigenvalue weighted by atomic mass is 16.6. The SMILES string of the molecule is CNC(=O)C(=NOC)c1ccccc1Oc1cccc(OC(=O)c2ccccc2)c1. The number of nitrogens with one attached hydrogen (secondary N) is 1. The Kier molecular flexibility index (Phi) is 6.78. The van der Waals surface area contributed by atoms with Crippen molar-refractivity contribution in [3.63, 3.8) is 0 Å². The van der Waals surface area contributed by atoms with Crippen molar-refractivity contribution < 1.29 is 23.9 Å². The average Bonchev–Trinajstić information content (AvgIpc) is 2.78. The smallest absolute Gasteiger partial charge is 0.343 e. The first-order valence-electron chi connectivity index (χ1n) is 9.10. The van der Waals surface area contributed by atoms with E-state index in [4.69, 9.17) is 14.3 Å². The fourth-order valence-corrected chi connectivity index (χ4v) is 2.64. The number of ether oxygens (including phenoxy) is 2. The van der Waals surface area contributed by atoms with Crippen LogP contribution in [0.4, 0.5) is 0 Å². The van der Waals surface area contributed by atoms with Gasteiger partial charge < -0.3 is 19.6 Å². The highest BCUT2D eigenvalue weighted by Crippen LogP contribution is 2.29. The van der Waals surface area contributed by atoms with Crippen molar-refractivity contribution in [1.82, 2.24) is 5.32 Å². The number of para-hydroxylation sites is 1. The molecule has 3 rings (SSSR count). The molecule has 0 saturated carbocycles. The normalized spacial score (nSPS) is 10.8. The van der Waals surface area contributed by atoms with Crippen LogP contribution in [-0.2, 0) is 9.63 Å². The Labute approximate surface area is 173 Å². The maximum atomic E-state index is 12.3. The fourth-order valence-electron chi connectivity index (χ4n) is 2.64. The number of hydrogen-bond acceptors (Lipinski definition) is 6. The lowest BCUT2D eigenvalue weighted by molar-refractivity contribution is -0.114. The minimum absolute atomic E-state index is 0.0715. The topological polar surface area (TPSA) is 86.2 Å². The van der Waals surface area contributed by atoms with Crippen molar-refractivity contribution in [2.45, 2.75) is 0 Å². The zero-order chi connectivity index (χ0) is 21.3. The zero-order valence-electron chi connectivity index (χ0n) is 16.5. The second-order valence-corrected chi connectivity index (χ2v) is 6.03. The molecule has 0 aromatic heterocycles. The minimum atomic E-state index is -0.470. The van der Waals surface area contributed by atoms with E-state index in [2.05, 4.69) is 10.5 Å². The molecule has 0 atom stereocenters. The molecular weight excluding hydrogens is 384 g/mol. The van der Waals surface area contributed by atoms with E-state index in [0.717, 1.165) is 0 Å². The Hall–Kier alpha value is -4.13. The lowest BCUT2D eigenvalue weighted by atomic mass is 10.1. The van der Waals surface area contributed by atoms with Gasteiger partial charge in [0.2, 0.25) is 0 Å². The molecule has 0 saturated heterocycles. The molecule has 7 nitrogen and oxygen atoms in total. The number of oxime groups is 1. The lowest BCUT2D eigenvalue weighted by Crippen LogP contribution is -2.28. The lowest BCUT2D eigenvalue weighted by Gasteiger charge is -2.13. The number of likely N-dealkylation sites (N-methyl/N-ethyl adjacent to an activating group) is 1. The van der Waals surface area contributed by atoms with Crippen LogP contribution in [0.15, 0.2) is 84.0 Å². The summed E-state index contributed by atoms with van der Waals surface area (Å²) >= 11 is 0. The molecule has 0 aliphatic carbocycles. The molecule has 7 heteroatoms. The van der Waals surface area contributed by atoms with Crippen molar-refractivity contribution in [1.29, 1.82) is 0 Å². The molecule has 30 heavy (non-hydrogen) atoms. The molecule has 3 aromatic carbocycles. The Bertz CT molecular complexity index is 1060. The van der Waals surface area contributed by atoms with Gasteiger partial charge in [0.1, 0.15) is 24.4 Å². The van der Waals surface area contributed by atoms with Crippen LogP contribution in [0, 0.1) is 0 Å². The Balaban J connectivity index is 1.84. The van der Waals surface area contributed by atoms with Gasteiger partial charge in [-0.05, 0) is 36.4 Å². The summed E-state index contributed by atoms with van der Waals surface area (Å²) in [6.07, 6.45) is 0. The molecule has 3 aromatic rings. The number of amides is 1. The molecule has 0 heterocycles. The van der Waals surface area contributed by atoms with Gasteiger partial charge in [-0.25, -0.2) is 4.79 Å². The van der Waals surface area contributed by atoms with Crippen molar-refractivity contribution in [3.05, 3.63) is 90.0 Å². The maximum Gasteiger partial charge on any atom is 0.343 e. The van der Waals surface area contributed by atoms with Gasteiger partial charge in [0, 0.05) is 13.1 Å². The number of carbonyl (C=O) groups is 2. The molecule has 0 aliphatic rings. The fraction of sp³-hybridized carbons (Fsp3) is 0.0870. The molecule has 0 fully saturated rings. The molecule has 1 amide bonds. The van der Waals surface area contributed by atoms with Gasteiger partial charge in [-0.3, -0.25) is 4.79 Å². The summed E-state index contributed by atoms with van der Waals surface area (Å²) in [4.78, 5) is 29.3. The minimum Gasteiger partial charge on any atom is -0.457 e. The third kappa shape index (κ3) is 5.02. The Morgan fingerprint density at radius 1 is 0.867 bits per heavy atom. The molecule has 0 aliphatic heterocycles. The zero-order valence-corrected chi connectivity index (χ0v) is 16.5.